The highest BCUT2D eigenvalue weighted by atomic mass is 19.4. The van der Waals surface area contributed by atoms with Gasteiger partial charge in [0, 0.05) is 44.0 Å². The number of nitrogens with zero attached hydrogens (tertiary/aromatic N) is 8. The standard InChI is InChI=1S/C28H33F3N8O2/c1-4-24(40)39-14-13-38(16-20(39)15-32-2)25-21-9-12-37(26-22(28(29,30)31)8-5-10-33-26)17-23(21)34-27(35-25)41-18-19-7-6-11-36(19)3/h4-5,8,10,19-20H,1,6-7,9,11-18H2,3H3/t19-,20-/m0/s1. The maximum atomic E-state index is 13.8. The van der Waals surface area contributed by atoms with Crippen LogP contribution in [-0.2, 0) is 23.9 Å². The quantitative estimate of drug-likeness (QED) is 0.371. The van der Waals surface area contributed by atoms with E-state index in [1.807, 2.05) is 11.9 Å². The summed E-state index contributed by atoms with van der Waals surface area (Å²) in [6.45, 7) is 14.2. The zero-order chi connectivity index (χ0) is 29.1. The summed E-state index contributed by atoms with van der Waals surface area (Å²) in [5.74, 6) is 0.288. The summed E-state index contributed by atoms with van der Waals surface area (Å²) < 4.78 is 47.5. The van der Waals surface area contributed by atoms with E-state index in [0.717, 1.165) is 31.0 Å². The number of amides is 1. The number of pyridine rings is 1. The molecule has 0 aliphatic carbocycles. The van der Waals surface area contributed by atoms with Crippen LogP contribution < -0.4 is 14.5 Å². The van der Waals surface area contributed by atoms with Gasteiger partial charge in [-0.05, 0) is 51.1 Å². The average Bonchev–Trinajstić information content (AvgIpc) is 3.39. The lowest BCUT2D eigenvalue weighted by atomic mass is 10.0. The second kappa shape index (κ2) is 11.9. The highest BCUT2D eigenvalue weighted by molar-refractivity contribution is 5.87. The Labute approximate surface area is 237 Å². The van der Waals surface area contributed by atoms with Gasteiger partial charge in [0.1, 0.15) is 24.3 Å². The van der Waals surface area contributed by atoms with Crippen LogP contribution in [0.25, 0.3) is 4.85 Å². The first kappa shape index (κ1) is 28.6. The molecule has 10 nitrogen and oxygen atoms in total. The van der Waals surface area contributed by atoms with E-state index in [2.05, 4.69) is 26.3 Å². The smallest absolute Gasteiger partial charge is 0.419 e. The third-order valence-corrected chi connectivity index (χ3v) is 8.03. The molecule has 218 valence electrons. The van der Waals surface area contributed by atoms with E-state index < -0.39 is 11.7 Å². The number of alkyl halides is 3. The van der Waals surface area contributed by atoms with Crippen LogP contribution >= 0.6 is 0 Å². The van der Waals surface area contributed by atoms with Gasteiger partial charge in [0.2, 0.25) is 12.5 Å². The van der Waals surface area contributed by atoms with Crippen LogP contribution in [0, 0.1) is 6.57 Å². The fourth-order valence-corrected chi connectivity index (χ4v) is 5.84. The molecule has 3 aliphatic heterocycles. The van der Waals surface area contributed by atoms with Crippen molar-refractivity contribution in [1.29, 1.82) is 0 Å². The van der Waals surface area contributed by atoms with E-state index in [0.29, 0.717) is 50.7 Å². The number of hydrogen-bond donors (Lipinski definition) is 0. The summed E-state index contributed by atoms with van der Waals surface area (Å²) in [7, 11) is 2.05. The minimum atomic E-state index is -4.54. The molecule has 2 atom stereocenters. The molecule has 0 bridgehead atoms. The number of hydrogen-bond acceptors (Lipinski definition) is 8. The number of anilines is 2. The van der Waals surface area contributed by atoms with Crippen molar-refractivity contribution in [3.05, 3.63) is 59.2 Å². The molecule has 3 aliphatic rings. The zero-order valence-corrected chi connectivity index (χ0v) is 23.0. The molecule has 2 saturated heterocycles. The first-order chi connectivity index (χ1) is 19.7. The molecule has 2 fully saturated rings. The Kier molecular flexibility index (Phi) is 8.30. The maximum absolute atomic E-state index is 13.8. The second-order valence-electron chi connectivity index (χ2n) is 10.6. The number of likely N-dealkylation sites (N-methyl/N-ethyl adjacent to an activating group) is 1. The Morgan fingerprint density at radius 2 is 2.02 bits per heavy atom. The summed E-state index contributed by atoms with van der Waals surface area (Å²) in [6, 6.07) is 2.37. The van der Waals surface area contributed by atoms with E-state index in [1.54, 1.807) is 9.80 Å². The van der Waals surface area contributed by atoms with E-state index in [-0.39, 0.29) is 42.9 Å². The van der Waals surface area contributed by atoms with Crippen molar-refractivity contribution >= 4 is 17.5 Å². The lowest BCUT2D eigenvalue weighted by Crippen LogP contribution is -2.56. The van der Waals surface area contributed by atoms with Crippen LogP contribution in [0.1, 0.15) is 29.7 Å². The summed E-state index contributed by atoms with van der Waals surface area (Å²) in [5, 5.41) is 0. The van der Waals surface area contributed by atoms with Gasteiger partial charge in [-0.25, -0.2) is 11.6 Å². The Balaban J connectivity index is 1.47. The van der Waals surface area contributed by atoms with Crippen molar-refractivity contribution in [1.82, 2.24) is 24.8 Å². The van der Waals surface area contributed by atoms with Crippen LogP contribution in [0.15, 0.2) is 31.0 Å². The van der Waals surface area contributed by atoms with Gasteiger partial charge in [0.05, 0.1) is 17.8 Å². The molecule has 0 saturated carbocycles. The van der Waals surface area contributed by atoms with Crippen molar-refractivity contribution in [3.8, 4) is 6.01 Å². The van der Waals surface area contributed by atoms with Gasteiger partial charge in [-0.3, -0.25) is 4.79 Å². The number of carbonyl (C=O) groups excluding carboxylic acids is 1. The minimum Gasteiger partial charge on any atom is -0.462 e. The van der Waals surface area contributed by atoms with Gasteiger partial charge in [0.25, 0.3) is 0 Å². The highest BCUT2D eigenvalue weighted by Gasteiger charge is 2.38. The maximum Gasteiger partial charge on any atom is 0.419 e. The molecule has 0 spiro atoms. The van der Waals surface area contributed by atoms with Crippen LogP contribution in [-0.4, -0.2) is 95.7 Å². The third kappa shape index (κ3) is 6.07. The predicted molar refractivity (Wildman–Crippen MR) is 147 cm³/mol. The Bertz CT molecular complexity index is 1330. The number of likely N-dealkylation sites (tertiary alicyclic amines) is 1. The molecule has 5 rings (SSSR count). The SMILES string of the molecule is [C-]#[N+]C[C@H]1CN(c2nc(OC[C@@H]3CCCN3C)nc3c2CCN(c2ncccc2C(F)(F)F)C3)CCN1C(=O)C=C. The second-order valence-corrected chi connectivity index (χ2v) is 10.6. The van der Waals surface area contributed by atoms with Crippen molar-refractivity contribution in [2.45, 2.75) is 44.1 Å². The van der Waals surface area contributed by atoms with Crippen LogP contribution in [0.5, 0.6) is 6.01 Å². The van der Waals surface area contributed by atoms with E-state index in [9.17, 15) is 18.0 Å². The van der Waals surface area contributed by atoms with Gasteiger partial charge in [-0.1, -0.05) is 6.58 Å². The van der Waals surface area contributed by atoms with Gasteiger partial charge in [0.15, 0.2) is 0 Å². The van der Waals surface area contributed by atoms with Crippen molar-refractivity contribution in [2.75, 3.05) is 62.7 Å². The Morgan fingerprint density at radius 3 is 2.73 bits per heavy atom. The number of fused-ring (bicyclic) bond motifs is 1. The fourth-order valence-electron chi connectivity index (χ4n) is 5.84. The molecule has 2 aromatic heterocycles. The molecule has 41 heavy (non-hydrogen) atoms. The summed E-state index contributed by atoms with van der Waals surface area (Å²) in [5.41, 5.74) is 0.630. The number of piperazine rings is 1. The van der Waals surface area contributed by atoms with Crippen molar-refractivity contribution in [3.63, 3.8) is 0 Å². The highest BCUT2D eigenvalue weighted by Crippen LogP contribution is 2.38. The first-order valence-electron chi connectivity index (χ1n) is 13.7. The van der Waals surface area contributed by atoms with E-state index in [1.165, 1.54) is 18.3 Å². The number of ether oxygens (including phenoxy) is 1. The van der Waals surface area contributed by atoms with E-state index >= 15 is 0 Å². The molecule has 0 aromatic carbocycles. The molecular formula is C28H33F3N8O2. The van der Waals surface area contributed by atoms with Crippen molar-refractivity contribution < 1.29 is 22.7 Å². The van der Waals surface area contributed by atoms with Crippen molar-refractivity contribution in [2.24, 2.45) is 0 Å². The van der Waals surface area contributed by atoms with Gasteiger partial charge < -0.3 is 29.2 Å². The summed E-state index contributed by atoms with van der Waals surface area (Å²) in [6.07, 6.45) is 0.565. The fraction of sp³-hybridized carbons (Fsp3) is 0.536. The van der Waals surface area contributed by atoms with Gasteiger partial charge >= 0.3 is 12.2 Å². The lowest BCUT2D eigenvalue weighted by Gasteiger charge is -2.41. The van der Waals surface area contributed by atoms with Gasteiger partial charge in [-0.2, -0.15) is 23.1 Å². The number of halogens is 3. The molecule has 1 amide bonds. The molecule has 5 heterocycles. The molecule has 2 aromatic rings. The number of aromatic nitrogens is 3. The Hall–Kier alpha value is -3.92. The Morgan fingerprint density at radius 1 is 1.20 bits per heavy atom. The topological polar surface area (TPSA) is 82.3 Å². The summed E-state index contributed by atoms with van der Waals surface area (Å²) >= 11 is 0. The third-order valence-electron chi connectivity index (χ3n) is 8.03. The molecule has 0 radical (unpaired) electrons. The number of carbonyl (C=O) groups is 1. The van der Waals surface area contributed by atoms with Crippen LogP contribution in [0.3, 0.4) is 0 Å². The monoisotopic (exact) mass is 570 g/mol. The molecular weight excluding hydrogens is 537 g/mol. The molecule has 13 heteroatoms. The van der Waals surface area contributed by atoms with Crippen LogP contribution in [0.4, 0.5) is 24.8 Å². The number of rotatable bonds is 7. The van der Waals surface area contributed by atoms with Gasteiger partial charge in [-0.15, -0.1) is 0 Å². The zero-order valence-electron chi connectivity index (χ0n) is 23.0. The minimum absolute atomic E-state index is 0.116. The predicted octanol–water partition coefficient (Wildman–Crippen LogP) is 3.05. The van der Waals surface area contributed by atoms with E-state index in [4.69, 9.17) is 16.3 Å². The normalized spacial score (nSPS) is 21.4. The summed E-state index contributed by atoms with van der Waals surface area (Å²) in [4.78, 5) is 37.0. The van der Waals surface area contributed by atoms with Crippen LogP contribution in [0.2, 0.25) is 0 Å². The largest absolute Gasteiger partial charge is 0.462 e. The molecule has 0 unspecified atom stereocenters. The first-order valence-corrected chi connectivity index (χ1v) is 13.7. The lowest BCUT2D eigenvalue weighted by molar-refractivity contribution is -0.137. The average molecular weight is 571 g/mol. The molecule has 0 N–H and O–H groups in total.